The lowest BCUT2D eigenvalue weighted by Gasteiger charge is -2.11. The van der Waals surface area contributed by atoms with Gasteiger partial charge in [0.25, 0.3) is 0 Å². The topological polar surface area (TPSA) is 81.7 Å². The first-order valence-corrected chi connectivity index (χ1v) is 8.32. The molecule has 0 radical (unpaired) electrons. The Morgan fingerprint density at radius 2 is 2.17 bits per heavy atom. The van der Waals surface area contributed by atoms with Crippen LogP contribution in [0.2, 0.25) is 0 Å². The first kappa shape index (κ1) is 15.4. The predicted octanol–water partition coefficient (Wildman–Crippen LogP) is 2.97. The van der Waals surface area contributed by atoms with Crippen molar-refractivity contribution in [3.63, 3.8) is 0 Å². The average molecular weight is 326 g/mol. The largest absolute Gasteiger partial charge is 0.393 e. The van der Waals surface area contributed by atoms with Crippen molar-refractivity contribution in [1.29, 1.82) is 0 Å². The normalized spacial score (nSPS) is 10.7. The van der Waals surface area contributed by atoms with E-state index in [1.807, 2.05) is 17.8 Å². The van der Waals surface area contributed by atoms with Crippen molar-refractivity contribution in [2.45, 2.75) is 18.4 Å². The molecule has 3 N–H and O–H groups in total. The molecule has 23 heavy (non-hydrogen) atoms. The van der Waals surface area contributed by atoms with Gasteiger partial charge in [-0.2, -0.15) is 5.10 Å². The molecule has 0 aliphatic rings. The number of benzene rings is 1. The summed E-state index contributed by atoms with van der Waals surface area (Å²) in [6, 6.07) is 10.3. The van der Waals surface area contributed by atoms with Crippen molar-refractivity contribution in [3.05, 3.63) is 54.6 Å². The van der Waals surface area contributed by atoms with Crippen LogP contribution in [0.4, 0.5) is 11.5 Å². The maximum absolute atomic E-state index is 6.16. The number of anilines is 2. The summed E-state index contributed by atoms with van der Waals surface area (Å²) in [4.78, 5) is 9.69. The van der Waals surface area contributed by atoms with E-state index >= 15 is 0 Å². The fourth-order valence-electron chi connectivity index (χ4n) is 2.20. The maximum Gasteiger partial charge on any atom is 0.181 e. The van der Waals surface area contributed by atoms with Crippen LogP contribution in [0.15, 0.2) is 53.9 Å². The van der Waals surface area contributed by atoms with Gasteiger partial charge in [-0.3, -0.25) is 0 Å². The lowest BCUT2D eigenvalue weighted by Crippen LogP contribution is -2.10. The number of hydrogen-bond acceptors (Lipinski definition) is 6. The standard InChI is InChI=1S/C16H18N6S/c1-2-23-13-6-3-5-12(9-13)10-18-15-14(17)16(20-11-19-15)22-8-4-7-21-22/h3-9,11H,2,10,17H2,1H3,(H,18,19,20). The summed E-state index contributed by atoms with van der Waals surface area (Å²) in [7, 11) is 0. The summed E-state index contributed by atoms with van der Waals surface area (Å²) >= 11 is 1.83. The molecule has 0 aliphatic heterocycles. The highest BCUT2D eigenvalue weighted by molar-refractivity contribution is 7.99. The van der Waals surface area contributed by atoms with E-state index in [4.69, 9.17) is 5.73 Å². The van der Waals surface area contributed by atoms with E-state index in [0.717, 1.165) is 5.75 Å². The van der Waals surface area contributed by atoms with E-state index in [2.05, 4.69) is 51.6 Å². The van der Waals surface area contributed by atoms with E-state index in [1.54, 1.807) is 17.1 Å². The Kier molecular flexibility index (Phi) is 4.77. The molecule has 1 aromatic carbocycles. The van der Waals surface area contributed by atoms with Crippen molar-refractivity contribution in [3.8, 4) is 5.82 Å². The van der Waals surface area contributed by atoms with Crippen LogP contribution in [0.5, 0.6) is 0 Å². The van der Waals surface area contributed by atoms with Crippen molar-refractivity contribution >= 4 is 23.3 Å². The first-order valence-electron chi connectivity index (χ1n) is 7.34. The molecule has 0 fully saturated rings. The van der Waals surface area contributed by atoms with Crippen LogP contribution in [0.1, 0.15) is 12.5 Å². The van der Waals surface area contributed by atoms with Gasteiger partial charge >= 0.3 is 0 Å². The maximum atomic E-state index is 6.16. The molecular formula is C16H18N6S. The zero-order valence-electron chi connectivity index (χ0n) is 12.8. The number of rotatable bonds is 6. The molecule has 0 aliphatic carbocycles. The Balaban J connectivity index is 1.76. The van der Waals surface area contributed by atoms with E-state index in [9.17, 15) is 0 Å². The van der Waals surface area contributed by atoms with E-state index in [0.29, 0.717) is 23.9 Å². The number of aromatic nitrogens is 4. The second-order valence-corrected chi connectivity index (χ2v) is 6.18. The molecular weight excluding hydrogens is 308 g/mol. The lowest BCUT2D eigenvalue weighted by atomic mass is 10.2. The summed E-state index contributed by atoms with van der Waals surface area (Å²) in [5.41, 5.74) is 7.83. The third kappa shape index (κ3) is 3.62. The van der Waals surface area contributed by atoms with Crippen LogP contribution in [0, 0.1) is 0 Å². The highest BCUT2D eigenvalue weighted by atomic mass is 32.2. The van der Waals surface area contributed by atoms with Crippen molar-refractivity contribution in [2.75, 3.05) is 16.8 Å². The van der Waals surface area contributed by atoms with E-state index < -0.39 is 0 Å². The Morgan fingerprint density at radius 3 is 2.96 bits per heavy atom. The van der Waals surface area contributed by atoms with Gasteiger partial charge in [0.05, 0.1) is 0 Å². The summed E-state index contributed by atoms with van der Waals surface area (Å²) in [6.45, 7) is 2.80. The molecule has 7 heteroatoms. The smallest absolute Gasteiger partial charge is 0.181 e. The number of nitrogens with one attached hydrogen (secondary N) is 1. The predicted molar refractivity (Wildman–Crippen MR) is 93.7 cm³/mol. The summed E-state index contributed by atoms with van der Waals surface area (Å²) in [5.74, 6) is 2.24. The van der Waals surface area contributed by atoms with Gasteiger partial charge in [-0.05, 0) is 29.5 Å². The Hall–Kier alpha value is -2.54. The van der Waals surface area contributed by atoms with Crippen molar-refractivity contribution < 1.29 is 0 Å². The highest BCUT2D eigenvalue weighted by Crippen LogP contribution is 2.22. The third-order valence-corrected chi connectivity index (χ3v) is 4.13. The second-order valence-electron chi connectivity index (χ2n) is 4.84. The van der Waals surface area contributed by atoms with Gasteiger partial charge in [0.2, 0.25) is 0 Å². The fourth-order valence-corrected chi connectivity index (χ4v) is 2.94. The fraction of sp³-hybridized carbons (Fsp3) is 0.188. The van der Waals surface area contributed by atoms with Crippen molar-refractivity contribution in [2.24, 2.45) is 0 Å². The third-order valence-electron chi connectivity index (χ3n) is 3.25. The highest BCUT2D eigenvalue weighted by Gasteiger charge is 2.09. The minimum atomic E-state index is 0.482. The van der Waals surface area contributed by atoms with E-state index in [-0.39, 0.29) is 0 Å². The zero-order chi connectivity index (χ0) is 16.1. The molecule has 118 valence electrons. The molecule has 0 spiro atoms. The van der Waals surface area contributed by atoms with Gasteiger partial charge in [0, 0.05) is 23.8 Å². The lowest BCUT2D eigenvalue weighted by molar-refractivity contribution is 0.842. The SMILES string of the molecule is CCSc1cccc(CNc2ncnc(-n3cccn3)c2N)c1. The molecule has 0 amide bonds. The van der Waals surface area contributed by atoms with Gasteiger partial charge < -0.3 is 11.1 Å². The Morgan fingerprint density at radius 1 is 1.26 bits per heavy atom. The second kappa shape index (κ2) is 7.15. The Bertz CT molecular complexity index is 772. The summed E-state index contributed by atoms with van der Waals surface area (Å²) in [6.07, 6.45) is 4.97. The number of nitrogens with zero attached hydrogens (tertiary/aromatic N) is 4. The molecule has 6 nitrogen and oxygen atoms in total. The molecule has 2 aromatic heterocycles. The molecule has 0 atom stereocenters. The molecule has 0 unspecified atom stereocenters. The van der Waals surface area contributed by atoms with Crippen LogP contribution in [-0.4, -0.2) is 25.5 Å². The van der Waals surface area contributed by atoms with Crippen LogP contribution in [0.3, 0.4) is 0 Å². The number of thioether (sulfide) groups is 1. The van der Waals surface area contributed by atoms with Gasteiger partial charge in [-0.15, -0.1) is 11.8 Å². The van der Waals surface area contributed by atoms with Gasteiger partial charge in [0.15, 0.2) is 11.6 Å². The van der Waals surface area contributed by atoms with Crippen molar-refractivity contribution in [1.82, 2.24) is 19.7 Å². The zero-order valence-corrected chi connectivity index (χ0v) is 13.6. The molecule has 0 bridgehead atoms. The average Bonchev–Trinajstić information content (AvgIpc) is 3.09. The van der Waals surface area contributed by atoms with Gasteiger partial charge in [-0.25, -0.2) is 14.6 Å². The van der Waals surface area contributed by atoms with Crippen LogP contribution in [0.25, 0.3) is 5.82 Å². The number of nitrogen functional groups attached to an aromatic ring is 1. The van der Waals surface area contributed by atoms with E-state index in [1.165, 1.54) is 16.8 Å². The summed E-state index contributed by atoms with van der Waals surface area (Å²) < 4.78 is 1.63. The van der Waals surface area contributed by atoms with Crippen LogP contribution >= 0.6 is 11.8 Å². The quantitative estimate of drug-likeness (QED) is 0.678. The van der Waals surface area contributed by atoms with Gasteiger partial charge in [-0.1, -0.05) is 19.1 Å². The summed E-state index contributed by atoms with van der Waals surface area (Å²) in [5, 5.41) is 7.43. The number of nitrogens with two attached hydrogens (primary N) is 1. The monoisotopic (exact) mass is 326 g/mol. The van der Waals surface area contributed by atoms with Crippen LogP contribution < -0.4 is 11.1 Å². The molecule has 3 rings (SSSR count). The number of hydrogen-bond donors (Lipinski definition) is 2. The molecule has 0 saturated heterocycles. The van der Waals surface area contributed by atoms with Gasteiger partial charge in [0.1, 0.15) is 12.0 Å². The first-order chi connectivity index (χ1) is 11.3. The molecule has 3 aromatic rings. The minimum Gasteiger partial charge on any atom is -0.393 e. The molecule has 2 heterocycles. The minimum absolute atomic E-state index is 0.482. The molecule has 0 saturated carbocycles. The van der Waals surface area contributed by atoms with Crippen LogP contribution in [-0.2, 0) is 6.54 Å². The Labute approximate surface area is 139 Å².